The van der Waals surface area contributed by atoms with E-state index in [1.807, 2.05) is 6.92 Å². The highest BCUT2D eigenvalue weighted by Crippen LogP contribution is 2.47. The number of thioether (sulfide) groups is 1. The van der Waals surface area contributed by atoms with Gasteiger partial charge in [-0.05, 0) is 26.7 Å². The number of carbonyl (C=O) groups excluding carboxylic acids is 2. The average molecular weight is 312 g/mol. The van der Waals surface area contributed by atoms with Crippen LogP contribution in [0, 0.1) is 5.92 Å². The highest BCUT2D eigenvalue weighted by atomic mass is 32.2. The lowest BCUT2D eigenvalue weighted by molar-refractivity contribution is -0.146. The molecule has 6 nitrogen and oxygen atoms in total. The van der Waals surface area contributed by atoms with Crippen LogP contribution in [0.5, 0.6) is 0 Å². The lowest BCUT2D eigenvalue weighted by Gasteiger charge is -2.33. The van der Waals surface area contributed by atoms with Crippen LogP contribution >= 0.6 is 11.8 Å². The number of nitrogens with zero attached hydrogens (tertiary/aromatic N) is 2. The van der Waals surface area contributed by atoms with E-state index in [4.69, 9.17) is 0 Å². The van der Waals surface area contributed by atoms with E-state index >= 15 is 0 Å². The number of carbonyl (C=O) groups is 3. The molecule has 21 heavy (non-hydrogen) atoms. The Morgan fingerprint density at radius 1 is 1.43 bits per heavy atom. The van der Waals surface area contributed by atoms with E-state index in [0.717, 1.165) is 6.42 Å². The van der Waals surface area contributed by atoms with Gasteiger partial charge in [-0.15, -0.1) is 11.8 Å². The summed E-state index contributed by atoms with van der Waals surface area (Å²) in [6.45, 7) is 4.27. The quantitative estimate of drug-likeness (QED) is 0.814. The van der Waals surface area contributed by atoms with E-state index in [9.17, 15) is 19.5 Å². The van der Waals surface area contributed by atoms with E-state index in [-0.39, 0.29) is 22.7 Å². The van der Waals surface area contributed by atoms with Gasteiger partial charge in [-0.25, -0.2) is 0 Å². The van der Waals surface area contributed by atoms with Crippen LogP contribution in [0.15, 0.2) is 0 Å². The Balaban J connectivity index is 1.78. The molecule has 0 bridgehead atoms. The minimum atomic E-state index is -0.847. The van der Waals surface area contributed by atoms with Crippen LogP contribution in [0.1, 0.15) is 33.1 Å². The van der Waals surface area contributed by atoms with E-state index < -0.39 is 17.9 Å². The third-order valence-corrected chi connectivity index (χ3v) is 6.59. The number of hydrogen-bond donors (Lipinski definition) is 1. The number of amides is 2. The zero-order valence-corrected chi connectivity index (χ0v) is 13.1. The number of rotatable bonds is 2. The zero-order chi connectivity index (χ0) is 15.4. The highest BCUT2D eigenvalue weighted by molar-refractivity contribution is 8.01. The van der Waals surface area contributed by atoms with Crippen molar-refractivity contribution in [2.75, 3.05) is 12.3 Å². The lowest BCUT2D eigenvalue weighted by atomic mass is 10.0. The molecule has 0 aromatic rings. The minimum absolute atomic E-state index is 0.0440. The molecule has 0 aliphatic carbocycles. The van der Waals surface area contributed by atoms with Gasteiger partial charge in [0.1, 0.15) is 6.04 Å². The number of hydrogen-bond acceptors (Lipinski definition) is 4. The Morgan fingerprint density at radius 3 is 2.76 bits per heavy atom. The van der Waals surface area contributed by atoms with Crippen LogP contribution in [0.3, 0.4) is 0 Å². The third-order valence-electron chi connectivity index (χ3n) is 5.09. The van der Waals surface area contributed by atoms with Gasteiger partial charge in [-0.2, -0.15) is 0 Å². The molecule has 3 fully saturated rings. The van der Waals surface area contributed by atoms with Gasteiger partial charge >= 0.3 is 5.97 Å². The first-order valence-electron chi connectivity index (χ1n) is 7.34. The Kier molecular flexibility index (Phi) is 3.43. The predicted molar refractivity (Wildman–Crippen MR) is 77.6 cm³/mol. The summed E-state index contributed by atoms with van der Waals surface area (Å²) in [5.41, 5.74) is 0. The van der Waals surface area contributed by atoms with Gasteiger partial charge in [0.2, 0.25) is 11.8 Å². The summed E-state index contributed by atoms with van der Waals surface area (Å²) in [5.74, 6) is -0.772. The summed E-state index contributed by atoms with van der Waals surface area (Å²) >= 11 is 1.66. The molecule has 0 spiro atoms. The summed E-state index contributed by atoms with van der Waals surface area (Å²) in [7, 11) is 0. The minimum Gasteiger partial charge on any atom is -0.481 e. The molecule has 4 unspecified atom stereocenters. The van der Waals surface area contributed by atoms with Crippen molar-refractivity contribution in [2.24, 2.45) is 5.92 Å². The van der Waals surface area contributed by atoms with Crippen LogP contribution in [-0.2, 0) is 14.4 Å². The number of fused-ring (bicyclic) bond motifs is 1. The number of carboxylic acids is 1. The van der Waals surface area contributed by atoms with E-state index in [1.54, 1.807) is 28.5 Å². The van der Waals surface area contributed by atoms with Crippen LogP contribution < -0.4 is 0 Å². The van der Waals surface area contributed by atoms with Gasteiger partial charge in [-0.3, -0.25) is 14.4 Å². The maximum absolute atomic E-state index is 12.8. The predicted octanol–water partition coefficient (Wildman–Crippen LogP) is 0.762. The monoisotopic (exact) mass is 312 g/mol. The Labute approximate surface area is 127 Å². The van der Waals surface area contributed by atoms with Crippen molar-refractivity contribution >= 4 is 29.5 Å². The fourth-order valence-electron chi connectivity index (χ4n) is 3.78. The van der Waals surface area contributed by atoms with Gasteiger partial charge in [0.25, 0.3) is 0 Å². The Bertz CT molecular complexity index is 511. The average Bonchev–Trinajstić information content (AvgIpc) is 3.04. The second kappa shape index (κ2) is 4.90. The summed E-state index contributed by atoms with van der Waals surface area (Å²) < 4.78 is 0. The highest BCUT2D eigenvalue weighted by Gasteiger charge is 2.54. The largest absolute Gasteiger partial charge is 0.481 e. The van der Waals surface area contributed by atoms with Gasteiger partial charge in [0.05, 0.1) is 10.8 Å². The molecule has 3 heterocycles. The first-order valence-corrected chi connectivity index (χ1v) is 8.33. The second-order valence-corrected chi connectivity index (χ2v) is 7.77. The first kappa shape index (κ1) is 14.7. The fourth-order valence-corrected chi connectivity index (χ4v) is 5.20. The van der Waals surface area contributed by atoms with Crippen molar-refractivity contribution in [2.45, 2.75) is 50.1 Å². The summed E-state index contributed by atoms with van der Waals surface area (Å²) in [6, 6.07) is -0.727. The van der Waals surface area contributed by atoms with Gasteiger partial charge in [0, 0.05) is 24.8 Å². The van der Waals surface area contributed by atoms with Gasteiger partial charge in [-0.1, -0.05) is 0 Å². The van der Waals surface area contributed by atoms with Crippen molar-refractivity contribution in [3.8, 4) is 0 Å². The van der Waals surface area contributed by atoms with Crippen molar-refractivity contribution in [3.05, 3.63) is 0 Å². The van der Waals surface area contributed by atoms with Crippen molar-refractivity contribution in [1.29, 1.82) is 0 Å². The second-order valence-electron chi connectivity index (χ2n) is 6.27. The molecule has 0 radical (unpaired) electrons. The molecule has 3 aliphatic rings. The molecule has 0 aromatic carbocycles. The molecule has 3 saturated heterocycles. The maximum atomic E-state index is 12.8. The molecule has 7 heteroatoms. The smallest absolute Gasteiger partial charge is 0.308 e. The molecular formula is C14H20N2O4S. The van der Waals surface area contributed by atoms with Crippen LogP contribution in [0.4, 0.5) is 0 Å². The number of aliphatic carboxylic acids is 1. The summed E-state index contributed by atoms with van der Waals surface area (Å²) in [6.07, 6.45) is 1.78. The summed E-state index contributed by atoms with van der Waals surface area (Å²) in [5, 5.41) is 9.18. The molecule has 116 valence electrons. The first-order chi connectivity index (χ1) is 9.85. The molecular weight excluding hydrogens is 292 g/mol. The maximum Gasteiger partial charge on any atom is 0.308 e. The van der Waals surface area contributed by atoms with E-state index in [2.05, 4.69) is 0 Å². The lowest BCUT2D eigenvalue weighted by Crippen LogP contribution is -2.52. The van der Waals surface area contributed by atoms with E-state index in [0.29, 0.717) is 25.1 Å². The van der Waals surface area contributed by atoms with Crippen LogP contribution in [-0.4, -0.2) is 61.9 Å². The normalized spacial score (nSPS) is 39.0. The standard InChI is InChI=1S/C14H20N2O4S/c1-8-9(13(19)20)4-6-15(8)12(18)10-7-21-14(2)5-3-11(17)16(10)14/h8-10H,3-7H2,1-2H3,(H,19,20). The molecule has 3 aliphatic heterocycles. The Morgan fingerprint density at radius 2 is 2.14 bits per heavy atom. The molecule has 3 rings (SSSR count). The molecule has 0 aromatic heterocycles. The topological polar surface area (TPSA) is 77.9 Å². The summed E-state index contributed by atoms with van der Waals surface area (Å²) in [4.78, 5) is 39.2. The van der Waals surface area contributed by atoms with Crippen molar-refractivity contribution < 1.29 is 19.5 Å². The number of carboxylic acid groups (broad SMARTS) is 1. The van der Waals surface area contributed by atoms with Crippen molar-refractivity contribution in [1.82, 2.24) is 9.80 Å². The van der Waals surface area contributed by atoms with E-state index in [1.165, 1.54) is 0 Å². The van der Waals surface area contributed by atoms with Crippen molar-refractivity contribution in [3.63, 3.8) is 0 Å². The SMILES string of the molecule is CC1C(C(=O)O)CCN1C(=O)C1CSC2(C)CCC(=O)N12. The van der Waals surface area contributed by atoms with Gasteiger partial charge < -0.3 is 14.9 Å². The van der Waals surface area contributed by atoms with Gasteiger partial charge in [0.15, 0.2) is 0 Å². The van der Waals surface area contributed by atoms with Crippen LogP contribution in [0.25, 0.3) is 0 Å². The van der Waals surface area contributed by atoms with Crippen LogP contribution in [0.2, 0.25) is 0 Å². The third kappa shape index (κ3) is 2.13. The molecule has 4 atom stereocenters. The molecule has 1 N–H and O–H groups in total. The Hall–Kier alpha value is -1.24. The number of likely N-dealkylation sites (tertiary alicyclic amines) is 1. The molecule has 0 saturated carbocycles. The zero-order valence-electron chi connectivity index (χ0n) is 12.2. The fraction of sp³-hybridized carbons (Fsp3) is 0.786. The molecule has 2 amide bonds.